The van der Waals surface area contributed by atoms with Crippen LogP contribution in [0, 0.1) is 17.0 Å². The average molecular weight is 301 g/mol. The zero-order valence-corrected chi connectivity index (χ0v) is 12.1. The van der Waals surface area contributed by atoms with Crippen molar-refractivity contribution in [2.45, 2.75) is 19.8 Å². The normalized spacial score (nSPS) is 14.3. The van der Waals surface area contributed by atoms with Crippen LogP contribution in [0.3, 0.4) is 0 Å². The SMILES string of the molecule is Cc1c(C(=O)N2CCCC2)nnn1-c1cccc([N+](=O)[O-])c1. The summed E-state index contributed by atoms with van der Waals surface area (Å²) in [6.07, 6.45) is 2.01. The van der Waals surface area contributed by atoms with Crippen molar-refractivity contribution in [1.82, 2.24) is 19.9 Å². The molecule has 0 spiro atoms. The van der Waals surface area contributed by atoms with Gasteiger partial charge in [0.15, 0.2) is 5.69 Å². The lowest BCUT2D eigenvalue weighted by Crippen LogP contribution is -2.28. The Morgan fingerprint density at radius 3 is 2.73 bits per heavy atom. The minimum Gasteiger partial charge on any atom is -0.337 e. The Bertz CT molecular complexity index is 734. The minimum absolute atomic E-state index is 0.0279. The molecule has 1 aromatic carbocycles. The molecule has 1 fully saturated rings. The Morgan fingerprint density at radius 1 is 1.32 bits per heavy atom. The molecular weight excluding hydrogens is 286 g/mol. The predicted molar refractivity (Wildman–Crippen MR) is 77.9 cm³/mol. The Morgan fingerprint density at radius 2 is 2.05 bits per heavy atom. The molecule has 1 saturated heterocycles. The van der Waals surface area contributed by atoms with Gasteiger partial charge in [0, 0.05) is 25.2 Å². The molecule has 0 unspecified atom stereocenters. The third kappa shape index (κ3) is 2.43. The van der Waals surface area contributed by atoms with Gasteiger partial charge in [-0.1, -0.05) is 11.3 Å². The van der Waals surface area contributed by atoms with Crippen molar-refractivity contribution in [2.75, 3.05) is 13.1 Å². The number of rotatable bonds is 3. The fourth-order valence-corrected chi connectivity index (χ4v) is 2.58. The van der Waals surface area contributed by atoms with Gasteiger partial charge in [0.2, 0.25) is 0 Å². The number of non-ortho nitro benzene ring substituents is 1. The fourth-order valence-electron chi connectivity index (χ4n) is 2.58. The number of hydrogen-bond donors (Lipinski definition) is 0. The summed E-state index contributed by atoms with van der Waals surface area (Å²) in [4.78, 5) is 24.5. The van der Waals surface area contributed by atoms with Crippen molar-refractivity contribution in [3.63, 3.8) is 0 Å². The first-order valence-corrected chi connectivity index (χ1v) is 7.04. The second-order valence-corrected chi connectivity index (χ2v) is 5.21. The minimum atomic E-state index is -0.466. The summed E-state index contributed by atoms with van der Waals surface area (Å²) in [5.74, 6) is -0.133. The van der Waals surface area contributed by atoms with Crippen LogP contribution in [0.2, 0.25) is 0 Å². The highest BCUT2D eigenvalue weighted by Gasteiger charge is 2.25. The van der Waals surface area contributed by atoms with Crippen LogP contribution in [-0.4, -0.2) is 43.8 Å². The number of nitro benzene ring substituents is 1. The second-order valence-electron chi connectivity index (χ2n) is 5.21. The lowest BCUT2D eigenvalue weighted by atomic mass is 10.2. The van der Waals surface area contributed by atoms with Crippen LogP contribution in [0.5, 0.6) is 0 Å². The molecule has 0 radical (unpaired) electrons. The third-order valence-electron chi connectivity index (χ3n) is 3.78. The largest absolute Gasteiger partial charge is 0.337 e. The molecular formula is C14H15N5O3. The number of likely N-dealkylation sites (tertiary alicyclic amines) is 1. The molecule has 2 aromatic rings. The zero-order valence-electron chi connectivity index (χ0n) is 12.1. The van der Waals surface area contributed by atoms with Gasteiger partial charge in [-0.25, -0.2) is 4.68 Å². The van der Waals surface area contributed by atoms with Gasteiger partial charge in [-0.3, -0.25) is 14.9 Å². The first-order valence-electron chi connectivity index (χ1n) is 7.04. The third-order valence-corrected chi connectivity index (χ3v) is 3.78. The van der Waals surface area contributed by atoms with E-state index < -0.39 is 4.92 Å². The van der Waals surface area contributed by atoms with Crippen LogP contribution < -0.4 is 0 Å². The summed E-state index contributed by atoms with van der Waals surface area (Å²) in [6, 6.07) is 6.09. The van der Waals surface area contributed by atoms with E-state index in [-0.39, 0.29) is 11.6 Å². The first-order chi connectivity index (χ1) is 10.6. The van der Waals surface area contributed by atoms with E-state index in [1.54, 1.807) is 24.0 Å². The van der Waals surface area contributed by atoms with Gasteiger partial charge in [-0.15, -0.1) is 5.10 Å². The maximum absolute atomic E-state index is 12.4. The Hall–Kier alpha value is -2.77. The van der Waals surface area contributed by atoms with Crippen molar-refractivity contribution >= 4 is 11.6 Å². The fraction of sp³-hybridized carbons (Fsp3) is 0.357. The topological polar surface area (TPSA) is 94.2 Å². The van der Waals surface area contributed by atoms with Gasteiger partial charge < -0.3 is 4.90 Å². The van der Waals surface area contributed by atoms with E-state index in [9.17, 15) is 14.9 Å². The molecule has 0 bridgehead atoms. The molecule has 3 rings (SSSR count). The molecule has 0 aliphatic carbocycles. The number of benzene rings is 1. The second kappa shape index (κ2) is 5.55. The number of hydrogen-bond acceptors (Lipinski definition) is 5. The number of aromatic nitrogens is 3. The first kappa shape index (κ1) is 14.2. The summed E-state index contributed by atoms with van der Waals surface area (Å²) in [7, 11) is 0. The van der Waals surface area contributed by atoms with Crippen molar-refractivity contribution in [1.29, 1.82) is 0 Å². The van der Waals surface area contributed by atoms with Crippen LogP contribution in [0.1, 0.15) is 29.0 Å². The molecule has 2 heterocycles. The number of carbonyl (C=O) groups is 1. The van der Waals surface area contributed by atoms with E-state index in [1.165, 1.54) is 16.8 Å². The van der Waals surface area contributed by atoms with Crippen LogP contribution >= 0.6 is 0 Å². The molecule has 1 amide bonds. The van der Waals surface area contributed by atoms with Gasteiger partial charge in [0.05, 0.1) is 16.3 Å². The number of nitrogens with zero attached hydrogens (tertiary/aromatic N) is 5. The quantitative estimate of drug-likeness (QED) is 0.635. The molecule has 1 aromatic heterocycles. The maximum Gasteiger partial charge on any atom is 0.276 e. The summed E-state index contributed by atoms with van der Waals surface area (Å²) < 4.78 is 1.45. The van der Waals surface area contributed by atoms with Crippen LogP contribution in [0.25, 0.3) is 5.69 Å². The molecule has 8 nitrogen and oxygen atoms in total. The van der Waals surface area contributed by atoms with Gasteiger partial charge >= 0.3 is 0 Å². The van der Waals surface area contributed by atoms with E-state index in [2.05, 4.69) is 10.3 Å². The monoisotopic (exact) mass is 301 g/mol. The smallest absolute Gasteiger partial charge is 0.276 e. The van der Waals surface area contributed by atoms with Crippen molar-refractivity contribution in [2.24, 2.45) is 0 Å². The van der Waals surface area contributed by atoms with Crippen molar-refractivity contribution < 1.29 is 9.72 Å². The highest BCUT2D eigenvalue weighted by Crippen LogP contribution is 2.20. The Balaban J connectivity index is 1.94. The average Bonchev–Trinajstić information content (AvgIpc) is 3.16. The highest BCUT2D eigenvalue weighted by molar-refractivity contribution is 5.93. The molecule has 22 heavy (non-hydrogen) atoms. The van der Waals surface area contributed by atoms with Crippen LogP contribution in [0.15, 0.2) is 24.3 Å². The van der Waals surface area contributed by atoms with Crippen LogP contribution in [0.4, 0.5) is 5.69 Å². The van der Waals surface area contributed by atoms with Gasteiger partial charge in [-0.2, -0.15) is 0 Å². The number of amides is 1. The molecule has 1 aliphatic rings. The summed E-state index contributed by atoms with van der Waals surface area (Å²) in [5, 5.41) is 18.8. The molecule has 0 atom stereocenters. The lowest BCUT2D eigenvalue weighted by Gasteiger charge is -2.13. The van der Waals surface area contributed by atoms with Crippen molar-refractivity contribution in [3.05, 3.63) is 45.8 Å². The standard InChI is InChI=1S/C14H15N5O3/c1-10-13(14(20)17-7-2-3-8-17)15-16-18(10)11-5-4-6-12(9-11)19(21)22/h4-6,9H,2-3,7-8H2,1H3. The van der Waals surface area contributed by atoms with E-state index in [0.717, 1.165) is 25.9 Å². The van der Waals surface area contributed by atoms with Crippen molar-refractivity contribution in [3.8, 4) is 5.69 Å². The number of carbonyl (C=O) groups excluding carboxylic acids is 1. The lowest BCUT2D eigenvalue weighted by molar-refractivity contribution is -0.384. The predicted octanol–water partition coefficient (Wildman–Crippen LogP) is 1.72. The zero-order chi connectivity index (χ0) is 15.7. The number of nitro groups is 1. The van der Waals surface area contributed by atoms with Gasteiger partial charge in [-0.05, 0) is 25.8 Å². The Kier molecular flexibility index (Phi) is 3.58. The molecule has 0 N–H and O–H groups in total. The molecule has 8 heteroatoms. The van der Waals surface area contributed by atoms with E-state index >= 15 is 0 Å². The molecule has 0 saturated carbocycles. The maximum atomic E-state index is 12.4. The van der Waals surface area contributed by atoms with E-state index in [4.69, 9.17) is 0 Å². The molecule has 1 aliphatic heterocycles. The van der Waals surface area contributed by atoms with E-state index in [0.29, 0.717) is 17.1 Å². The van der Waals surface area contributed by atoms with Crippen LogP contribution in [-0.2, 0) is 0 Å². The molecule has 114 valence electrons. The Labute approximate surface area is 126 Å². The summed E-state index contributed by atoms with van der Waals surface area (Å²) in [5.41, 5.74) is 1.37. The highest BCUT2D eigenvalue weighted by atomic mass is 16.6. The van der Waals surface area contributed by atoms with Gasteiger partial charge in [0.1, 0.15) is 0 Å². The summed E-state index contributed by atoms with van der Waals surface area (Å²) >= 11 is 0. The summed E-state index contributed by atoms with van der Waals surface area (Å²) in [6.45, 7) is 3.21. The van der Waals surface area contributed by atoms with E-state index in [1.807, 2.05) is 0 Å². The van der Waals surface area contributed by atoms with Gasteiger partial charge in [0.25, 0.3) is 11.6 Å².